The van der Waals surface area contributed by atoms with Crippen molar-refractivity contribution in [1.82, 2.24) is 9.38 Å². The Morgan fingerprint density at radius 1 is 1.07 bits per heavy atom. The zero-order valence-corrected chi connectivity index (χ0v) is 32.0. The number of ether oxygens (including phenoxy) is 4. The van der Waals surface area contributed by atoms with Crippen LogP contribution in [0, 0.1) is 19.8 Å². The van der Waals surface area contributed by atoms with Gasteiger partial charge in [0, 0.05) is 35.9 Å². The monoisotopic (exact) mass is 749 g/mol. The highest BCUT2D eigenvalue weighted by molar-refractivity contribution is 5.82. The second kappa shape index (κ2) is 16.3. The lowest BCUT2D eigenvalue weighted by molar-refractivity contribution is -0.274. The van der Waals surface area contributed by atoms with E-state index in [9.17, 15) is 23.1 Å². The minimum atomic E-state index is -4.87. The Kier molecular flexibility index (Phi) is 12.2. The summed E-state index contributed by atoms with van der Waals surface area (Å²) < 4.78 is 64.8. The Balaban J connectivity index is 1.73. The average Bonchev–Trinajstić information content (AvgIpc) is 3.54. The van der Waals surface area contributed by atoms with Crippen LogP contribution in [0.15, 0.2) is 74.0 Å². The number of aryl methyl sites for hydroxylation is 1. The van der Waals surface area contributed by atoms with Gasteiger partial charge in [-0.3, -0.25) is 4.40 Å². The molecule has 1 aliphatic rings. The average molecular weight is 750 g/mol. The number of pyridine rings is 1. The molecule has 290 valence electrons. The highest BCUT2D eigenvalue weighted by Gasteiger charge is 2.38. The van der Waals surface area contributed by atoms with Crippen LogP contribution < -0.4 is 14.4 Å². The van der Waals surface area contributed by atoms with Crippen LogP contribution in [0.3, 0.4) is 0 Å². The van der Waals surface area contributed by atoms with E-state index in [1.165, 1.54) is 18.2 Å². The molecular weight excluding hydrogens is 699 g/mol. The van der Waals surface area contributed by atoms with Crippen LogP contribution in [0.5, 0.6) is 11.5 Å². The number of aromatic nitrogens is 2. The third kappa shape index (κ3) is 9.27. The fraction of sp³-hybridized carbons (Fsp3) is 0.429. The van der Waals surface area contributed by atoms with E-state index in [2.05, 4.69) is 29.7 Å². The van der Waals surface area contributed by atoms with E-state index in [1.807, 2.05) is 64.3 Å². The van der Waals surface area contributed by atoms with Crippen LogP contribution >= 0.6 is 0 Å². The molecule has 0 amide bonds. The maximum Gasteiger partial charge on any atom is 0.573 e. The van der Waals surface area contributed by atoms with E-state index < -0.39 is 24.0 Å². The zero-order valence-electron chi connectivity index (χ0n) is 32.0. The Bertz CT molecular complexity index is 2000. The van der Waals surface area contributed by atoms with Gasteiger partial charge >= 0.3 is 12.3 Å². The van der Waals surface area contributed by atoms with E-state index in [-0.39, 0.29) is 18.1 Å². The Morgan fingerprint density at radius 2 is 1.80 bits per heavy atom. The van der Waals surface area contributed by atoms with Gasteiger partial charge in [-0.15, -0.1) is 26.3 Å². The molecule has 4 atom stereocenters. The standard InChI is InChI=1S/C42H50F3N3O6/c1-10-13-26(4)52-34-17-16-31(53-42(43,44)45)23-32(34)29-14-12-15-30(22-29)33-24-48-38(46-33)28(6)27(5)36(37(40(49)50)54-41(7,8)9)39(48)47-19-18-25(3)21-35(47)51-20-11-2/h10-12,14-17,22-26,35,37H,1-2,13,18-21H2,3-9H3,(H,49,50)/t25?,26-,35?,37?/m0/s1. The number of carboxylic acid groups (broad SMARTS) is 1. The largest absolute Gasteiger partial charge is 0.573 e. The van der Waals surface area contributed by atoms with Gasteiger partial charge in [0.05, 0.1) is 24.0 Å². The Morgan fingerprint density at radius 3 is 2.44 bits per heavy atom. The summed E-state index contributed by atoms with van der Waals surface area (Å²) in [6.45, 7) is 21.8. The first kappa shape index (κ1) is 40.4. The molecule has 4 aromatic rings. The molecule has 2 aromatic carbocycles. The molecule has 1 N–H and O–H groups in total. The van der Waals surface area contributed by atoms with Crippen molar-refractivity contribution >= 4 is 17.4 Å². The number of imidazole rings is 1. The lowest BCUT2D eigenvalue weighted by Crippen LogP contribution is -2.46. The minimum absolute atomic E-state index is 0.287. The molecule has 0 spiro atoms. The van der Waals surface area contributed by atoms with Gasteiger partial charge in [-0.1, -0.05) is 37.3 Å². The van der Waals surface area contributed by atoms with Gasteiger partial charge in [0.25, 0.3) is 0 Å². The predicted octanol–water partition coefficient (Wildman–Crippen LogP) is 10.2. The molecular formula is C42H50F3N3O6. The topological polar surface area (TPSA) is 94.8 Å². The minimum Gasteiger partial charge on any atom is -0.490 e. The summed E-state index contributed by atoms with van der Waals surface area (Å²) in [5.74, 6) is -0.126. The Hall–Kier alpha value is -4.81. The van der Waals surface area contributed by atoms with E-state index >= 15 is 0 Å². The number of carbonyl (C=O) groups is 1. The van der Waals surface area contributed by atoms with Crippen molar-refractivity contribution in [3.05, 3.63) is 90.7 Å². The fourth-order valence-corrected chi connectivity index (χ4v) is 6.86. The quantitative estimate of drug-likeness (QED) is 0.127. The van der Waals surface area contributed by atoms with Crippen molar-refractivity contribution in [2.24, 2.45) is 5.92 Å². The third-order valence-electron chi connectivity index (χ3n) is 9.41. The number of hydrogen-bond donors (Lipinski definition) is 1. The molecule has 9 nitrogen and oxygen atoms in total. The third-order valence-corrected chi connectivity index (χ3v) is 9.41. The molecule has 1 fully saturated rings. The van der Waals surface area contributed by atoms with Crippen LogP contribution in [0.2, 0.25) is 0 Å². The van der Waals surface area contributed by atoms with E-state index in [1.54, 1.807) is 24.3 Å². The molecule has 3 heterocycles. The van der Waals surface area contributed by atoms with E-state index in [0.29, 0.717) is 70.7 Å². The number of anilines is 1. The molecule has 0 bridgehead atoms. The van der Waals surface area contributed by atoms with Gasteiger partial charge in [-0.2, -0.15) is 0 Å². The van der Waals surface area contributed by atoms with Crippen LogP contribution in [-0.2, 0) is 14.3 Å². The lowest BCUT2D eigenvalue weighted by Gasteiger charge is -2.42. The second-order valence-corrected chi connectivity index (χ2v) is 14.9. The zero-order chi connectivity index (χ0) is 39.5. The van der Waals surface area contributed by atoms with Crippen LogP contribution in [0.4, 0.5) is 19.0 Å². The fourth-order valence-electron chi connectivity index (χ4n) is 6.86. The highest BCUT2D eigenvalue weighted by Crippen LogP contribution is 2.42. The van der Waals surface area contributed by atoms with E-state index in [4.69, 9.17) is 19.2 Å². The van der Waals surface area contributed by atoms with Crippen LogP contribution in [0.25, 0.3) is 28.0 Å². The van der Waals surface area contributed by atoms with Crippen LogP contribution in [0.1, 0.15) is 76.7 Å². The summed E-state index contributed by atoms with van der Waals surface area (Å²) in [6.07, 6.45) is 0.546. The lowest BCUT2D eigenvalue weighted by atomic mass is 9.94. The number of nitrogens with zero attached hydrogens (tertiary/aromatic N) is 3. The van der Waals surface area contributed by atoms with Gasteiger partial charge in [-0.25, -0.2) is 9.78 Å². The van der Waals surface area contributed by atoms with Crippen molar-refractivity contribution in [2.75, 3.05) is 18.1 Å². The van der Waals surface area contributed by atoms with Gasteiger partial charge < -0.3 is 29.0 Å². The molecule has 12 heteroatoms. The van der Waals surface area contributed by atoms with Crippen molar-refractivity contribution < 1.29 is 42.0 Å². The van der Waals surface area contributed by atoms with Gasteiger partial charge in [-0.05, 0) is 101 Å². The molecule has 0 aliphatic carbocycles. The summed E-state index contributed by atoms with van der Waals surface area (Å²) in [7, 11) is 0. The number of alkyl halides is 3. The number of hydrogen-bond acceptors (Lipinski definition) is 7. The van der Waals surface area contributed by atoms with Gasteiger partial charge in [0.15, 0.2) is 6.10 Å². The van der Waals surface area contributed by atoms with Crippen molar-refractivity contribution in [3.8, 4) is 33.9 Å². The maximum atomic E-state index is 13.3. The molecule has 0 saturated carbocycles. The number of benzene rings is 2. The number of halogens is 3. The molecule has 5 rings (SSSR count). The first-order valence-corrected chi connectivity index (χ1v) is 18.1. The molecule has 54 heavy (non-hydrogen) atoms. The predicted molar refractivity (Wildman–Crippen MR) is 204 cm³/mol. The second-order valence-electron chi connectivity index (χ2n) is 14.9. The molecule has 2 aromatic heterocycles. The van der Waals surface area contributed by atoms with Crippen molar-refractivity contribution in [2.45, 2.75) is 98.1 Å². The maximum absolute atomic E-state index is 13.3. The van der Waals surface area contributed by atoms with Crippen molar-refractivity contribution in [1.29, 1.82) is 0 Å². The summed E-state index contributed by atoms with van der Waals surface area (Å²) in [6, 6.07) is 11.3. The van der Waals surface area contributed by atoms with Gasteiger partial charge in [0.1, 0.15) is 29.2 Å². The van der Waals surface area contributed by atoms with Crippen molar-refractivity contribution in [3.63, 3.8) is 0 Å². The number of carboxylic acids is 1. The SMILES string of the molecule is C=CCOC1CC(C)CCN1c1c(C(OC(C)(C)C)C(=O)O)c(C)c(C)c2nc(-c3cccc(-c4cc(OC(F)(F)F)ccc4O[C@@H](C)CC=C)c3)cn12. The first-order valence-electron chi connectivity index (χ1n) is 18.1. The smallest absolute Gasteiger partial charge is 0.490 e. The first-order chi connectivity index (χ1) is 25.4. The summed E-state index contributed by atoms with van der Waals surface area (Å²) >= 11 is 0. The molecule has 3 unspecified atom stereocenters. The normalized spacial score (nSPS) is 17.6. The number of piperidine rings is 1. The summed E-state index contributed by atoms with van der Waals surface area (Å²) in [4.78, 5) is 20.3. The number of rotatable bonds is 14. The van der Waals surface area contributed by atoms with Crippen LogP contribution in [-0.4, -0.2) is 57.9 Å². The Labute approximate surface area is 315 Å². The molecule has 1 aliphatic heterocycles. The highest BCUT2D eigenvalue weighted by atomic mass is 19.4. The number of fused-ring (bicyclic) bond motifs is 1. The van der Waals surface area contributed by atoms with E-state index in [0.717, 1.165) is 24.0 Å². The summed E-state index contributed by atoms with van der Waals surface area (Å²) in [5.41, 5.74) is 4.10. The summed E-state index contributed by atoms with van der Waals surface area (Å²) in [5, 5.41) is 10.7. The molecule has 0 radical (unpaired) electrons. The molecule has 1 saturated heterocycles. The number of aliphatic carboxylic acids is 1. The van der Waals surface area contributed by atoms with Gasteiger partial charge in [0.2, 0.25) is 0 Å².